The Morgan fingerprint density at radius 3 is 2.67 bits per heavy atom. The van der Waals surface area contributed by atoms with Gasteiger partial charge in [0.05, 0.1) is 16.6 Å². The second-order valence-corrected chi connectivity index (χ2v) is 7.71. The first-order valence-corrected chi connectivity index (χ1v) is 9.81. The van der Waals surface area contributed by atoms with E-state index in [0.29, 0.717) is 28.3 Å². The van der Waals surface area contributed by atoms with Crippen LogP contribution in [-0.4, -0.2) is 34.2 Å². The molecule has 27 heavy (non-hydrogen) atoms. The third kappa shape index (κ3) is 3.82. The summed E-state index contributed by atoms with van der Waals surface area (Å²) in [5.74, 6) is -0.426. The van der Waals surface area contributed by atoms with Crippen molar-refractivity contribution in [2.75, 3.05) is 0 Å². The lowest BCUT2D eigenvalue weighted by atomic mass is 9.95. The Morgan fingerprint density at radius 1 is 1.22 bits per heavy atom. The van der Waals surface area contributed by atoms with Crippen LogP contribution < -0.4 is 5.32 Å². The van der Waals surface area contributed by atoms with Gasteiger partial charge in [0, 0.05) is 17.7 Å². The van der Waals surface area contributed by atoms with E-state index < -0.39 is 12.1 Å². The summed E-state index contributed by atoms with van der Waals surface area (Å²) >= 11 is 0. The quantitative estimate of drug-likeness (QED) is 0.810. The molecule has 0 bridgehead atoms. The molecule has 0 aromatic carbocycles. The van der Waals surface area contributed by atoms with Crippen LogP contribution in [0.15, 0.2) is 10.6 Å². The lowest BCUT2D eigenvalue weighted by Crippen LogP contribution is -2.42. The number of ether oxygens (including phenoxy) is 1. The molecule has 2 aromatic rings. The van der Waals surface area contributed by atoms with Gasteiger partial charge < -0.3 is 14.6 Å². The van der Waals surface area contributed by atoms with Crippen molar-refractivity contribution in [3.63, 3.8) is 0 Å². The molecule has 7 heteroatoms. The van der Waals surface area contributed by atoms with Gasteiger partial charge in [0.15, 0.2) is 6.10 Å². The maximum absolute atomic E-state index is 12.8. The SMILES string of the molecule is Cc1noc2nc(C3CC3)cc(C(=O)O[C@@H](C)C(=O)NC3CCCCC3)c12. The predicted octanol–water partition coefficient (Wildman–Crippen LogP) is 3.40. The molecule has 2 aromatic heterocycles. The molecule has 2 heterocycles. The van der Waals surface area contributed by atoms with Crippen LogP contribution in [0.1, 0.15) is 79.5 Å². The highest BCUT2D eigenvalue weighted by atomic mass is 16.5. The van der Waals surface area contributed by atoms with E-state index in [9.17, 15) is 9.59 Å². The van der Waals surface area contributed by atoms with Gasteiger partial charge in [-0.25, -0.2) is 9.78 Å². The van der Waals surface area contributed by atoms with E-state index >= 15 is 0 Å². The fraction of sp³-hybridized carbons (Fsp3) is 0.600. The van der Waals surface area contributed by atoms with Crippen LogP contribution in [-0.2, 0) is 9.53 Å². The summed E-state index contributed by atoms with van der Waals surface area (Å²) < 4.78 is 10.7. The van der Waals surface area contributed by atoms with Crippen molar-refractivity contribution in [2.45, 2.75) is 76.9 Å². The smallest absolute Gasteiger partial charge is 0.339 e. The normalized spacial score (nSPS) is 19.0. The number of amides is 1. The lowest BCUT2D eigenvalue weighted by molar-refractivity contribution is -0.130. The first-order chi connectivity index (χ1) is 13.0. The zero-order valence-corrected chi connectivity index (χ0v) is 15.8. The monoisotopic (exact) mass is 371 g/mol. The molecule has 7 nitrogen and oxygen atoms in total. The summed E-state index contributed by atoms with van der Waals surface area (Å²) in [7, 11) is 0. The second-order valence-electron chi connectivity index (χ2n) is 7.71. The van der Waals surface area contributed by atoms with E-state index in [4.69, 9.17) is 9.26 Å². The first kappa shape index (κ1) is 17.9. The van der Waals surface area contributed by atoms with Crippen LogP contribution in [0.5, 0.6) is 0 Å². The van der Waals surface area contributed by atoms with Crippen LogP contribution in [0.2, 0.25) is 0 Å². The fourth-order valence-electron chi connectivity index (χ4n) is 3.71. The first-order valence-electron chi connectivity index (χ1n) is 9.81. The van der Waals surface area contributed by atoms with Crippen molar-refractivity contribution in [1.82, 2.24) is 15.5 Å². The van der Waals surface area contributed by atoms with Gasteiger partial charge in [-0.2, -0.15) is 0 Å². The van der Waals surface area contributed by atoms with E-state index in [-0.39, 0.29) is 11.9 Å². The molecule has 1 amide bonds. The molecule has 1 atom stereocenters. The van der Waals surface area contributed by atoms with E-state index in [1.165, 1.54) is 6.42 Å². The van der Waals surface area contributed by atoms with Crippen molar-refractivity contribution in [3.8, 4) is 0 Å². The van der Waals surface area contributed by atoms with E-state index in [1.54, 1.807) is 19.9 Å². The summed E-state index contributed by atoms with van der Waals surface area (Å²) in [5, 5.41) is 7.49. The average molecular weight is 371 g/mol. The molecule has 0 aliphatic heterocycles. The minimum atomic E-state index is -0.854. The number of esters is 1. The summed E-state index contributed by atoms with van der Waals surface area (Å²) in [4.78, 5) is 29.7. The van der Waals surface area contributed by atoms with Crippen molar-refractivity contribution in [2.24, 2.45) is 0 Å². The summed E-state index contributed by atoms with van der Waals surface area (Å²) in [6, 6.07) is 1.94. The summed E-state index contributed by atoms with van der Waals surface area (Å²) in [5.41, 5.74) is 2.14. The number of aromatic nitrogens is 2. The van der Waals surface area contributed by atoms with Crippen molar-refractivity contribution in [3.05, 3.63) is 23.0 Å². The van der Waals surface area contributed by atoms with Gasteiger partial charge in [0.25, 0.3) is 11.6 Å². The minimum absolute atomic E-state index is 0.182. The highest BCUT2D eigenvalue weighted by molar-refractivity contribution is 6.04. The molecule has 2 aliphatic rings. The van der Waals surface area contributed by atoms with Gasteiger partial charge in [0.2, 0.25) is 0 Å². The molecular formula is C20H25N3O4. The summed E-state index contributed by atoms with van der Waals surface area (Å²) in [6.07, 6.45) is 6.71. The van der Waals surface area contributed by atoms with Crippen molar-refractivity contribution >= 4 is 23.0 Å². The van der Waals surface area contributed by atoms with Crippen LogP contribution >= 0.6 is 0 Å². The fourth-order valence-corrected chi connectivity index (χ4v) is 3.71. The number of pyridine rings is 1. The van der Waals surface area contributed by atoms with Crippen molar-refractivity contribution < 1.29 is 18.8 Å². The molecule has 0 spiro atoms. The highest BCUT2D eigenvalue weighted by Gasteiger charge is 2.30. The Hall–Kier alpha value is -2.44. The van der Waals surface area contributed by atoms with Gasteiger partial charge in [-0.15, -0.1) is 0 Å². The predicted molar refractivity (Wildman–Crippen MR) is 98.4 cm³/mol. The Morgan fingerprint density at radius 2 is 1.96 bits per heavy atom. The van der Waals surface area contributed by atoms with Crippen LogP contribution in [0.4, 0.5) is 0 Å². The molecule has 4 rings (SSSR count). The van der Waals surface area contributed by atoms with E-state index in [1.807, 2.05) is 0 Å². The van der Waals surface area contributed by atoms with Crippen LogP contribution in [0.3, 0.4) is 0 Å². The topological polar surface area (TPSA) is 94.3 Å². The van der Waals surface area contributed by atoms with E-state index in [2.05, 4.69) is 15.5 Å². The van der Waals surface area contributed by atoms with Crippen LogP contribution in [0, 0.1) is 6.92 Å². The second kappa shape index (κ2) is 7.29. The van der Waals surface area contributed by atoms with Gasteiger partial charge in [-0.1, -0.05) is 24.4 Å². The number of hydrogen-bond donors (Lipinski definition) is 1. The number of nitrogens with one attached hydrogen (secondary N) is 1. The largest absolute Gasteiger partial charge is 0.449 e. The zero-order valence-electron chi connectivity index (χ0n) is 15.8. The maximum atomic E-state index is 12.8. The third-order valence-electron chi connectivity index (χ3n) is 5.46. The number of rotatable bonds is 5. The Labute approximate surface area is 157 Å². The standard InChI is InChI=1S/C20H25N3O4/c1-11-17-15(10-16(13-8-9-13)22-19(17)27-23-11)20(25)26-12(2)18(24)21-14-6-4-3-5-7-14/h10,12-14H,3-9H2,1-2H3,(H,21,24)/t12-/m0/s1. The maximum Gasteiger partial charge on any atom is 0.339 e. The van der Waals surface area contributed by atoms with Crippen LogP contribution in [0.25, 0.3) is 11.1 Å². The average Bonchev–Trinajstić information content (AvgIpc) is 3.45. The van der Waals surface area contributed by atoms with Crippen molar-refractivity contribution in [1.29, 1.82) is 0 Å². The number of hydrogen-bond acceptors (Lipinski definition) is 6. The highest BCUT2D eigenvalue weighted by Crippen LogP contribution is 2.40. The molecule has 0 radical (unpaired) electrons. The number of nitrogens with zero attached hydrogens (tertiary/aromatic N) is 2. The Kier molecular flexibility index (Phi) is 4.85. The molecule has 1 N–H and O–H groups in total. The number of aryl methyl sites for hydroxylation is 1. The summed E-state index contributed by atoms with van der Waals surface area (Å²) in [6.45, 7) is 3.37. The van der Waals surface area contributed by atoms with Gasteiger partial charge >= 0.3 is 5.97 Å². The molecule has 0 saturated heterocycles. The molecular weight excluding hydrogens is 346 g/mol. The molecule has 144 valence electrons. The molecule has 2 saturated carbocycles. The van der Waals surface area contributed by atoms with Gasteiger partial charge in [-0.3, -0.25) is 4.79 Å². The zero-order chi connectivity index (χ0) is 19.0. The number of carbonyl (C=O) groups excluding carboxylic acids is 2. The Bertz CT molecular complexity index is 865. The van der Waals surface area contributed by atoms with Gasteiger partial charge in [-0.05, 0) is 45.6 Å². The van der Waals surface area contributed by atoms with E-state index in [0.717, 1.165) is 44.2 Å². The van der Waals surface area contributed by atoms with Gasteiger partial charge in [0.1, 0.15) is 0 Å². The Balaban J connectivity index is 1.50. The molecule has 0 unspecified atom stereocenters. The molecule has 2 aliphatic carbocycles. The third-order valence-corrected chi connectivity index (χ3v) is 5.46. The number of fused-ring (bicyclic) bond motifs is 1. The minimum Gasteiger partial charge on any atom is -0.449 e. The lowest BCUT2D eigenvalue weighted by Gasteiger charge is -2.24. The number of carbonyl (C=O) groups is 2. The molecule has 2 fully saturated rings.